The summed E-state index contributed by atoms with van der Waals surface area (Å²) in [4.78, 5) is 40.3. The van der Waals surface area contributed by atoms with Crippen LogP contribution >= 0.6 is 0 Å². The van der Waals surface area contributed by atoms with E-state index in [0.717, 1.165) is 17.5 Å². The molecule has 6 N–H and O–H groups in total. The topological polar surface area (TPSA) is 141 Å². The molecule has 0 fully saturated rings. The van der Waals surface area contributed by atoms with Crippen LogP contribution in [-0.2, 0) is 17.6 Å². The Kier molecular flexibility index (Phi) is 5.78. The number of fused-ring (bicyclic) bond motifs is 1. The Hall–Kier alpha value is -3.55. The smallest absolute Gasteiger partial charge is 0.303 e. The number of aryl methyl sites for hydroxylation is 2. The van der Waals surface area contributed by atoms with Crippen molar-refractivity contribution in [3.05, 3.63) is 63.6 Å². The van der Waals surface area contributed by atoms with Crippen LogP contribution in [0.5, 0.6) is 0 Å². The van der Waals surface area contributed by atoms with Gasteiger partial charge in [0.15, 0.2) is 0 Å². The highest BCUT2D eigenvalue weighted by Crippen LogP contribution is 2.17. The lowest BCUT2D eigenvalue weighted by molar-refractivity contribution is -0.137. The molecule has 0 atom stereocenters. The standard InChI is InChI=1S/C20H22N4O4/c21-16-10-15-18(20(28)24-16)14(11-23-15)8-5-12-3-6-13(7-4-12)19(27)22-9-1-2-17(25)26/h3-4,6-7,10-11,23H,1-2,5,8-9H2,(H,22,27)(H,25,26)(H3,21,24,28). The lowest BCUT2D eigenvalue weighted by atomic mass is 10.0. The number of nitrogen functional groups attached to an aromatic ring is 1. The van der Waals surface area contributed by atoms with Crippen LogP contribution in [0.1, 0.15) is 34.3 Å². The van der Waals surface area contributed by atoms with E-state index in [9.17, 15) is 14.4 Å². The molecular formula is C20H22N4O4. The zero-order valence-electron chi connectivity index (χ0n) is 15.2. The SMILES string of the molecule is Nc1cc2[nH]cc(CCc3ccc(C(=O)NCCCC(=O)O)cc3)c2c(=O)[nH]1. The average molecular weight is 382 g/mol. The van der Waals surface area contributed by atoms with Gasteiger partial charge in [0.05, 0.1) is 10.9 Å². The number of aliphatic carboxylic acids is 1. The number of pyridine rings is 1. The van der Waals surface area contributed by atoms with Crippen LogP contribution < -0.4 is 16.6 Å². The molecule has 0 saturated heterocycles. The van der Waals surface area contributed by atoms with Crippen molar-refractivity contribution in [2.75, 3.05) is 12.3 Å². The number of carboxylic acid groups (broad SMARTS) is 1. The second-order valence-electron chi connectivity index (χ2n) is 6.61. The first kappa shape index (κ1) is 19.2. The summed E-state index contributed by atoms with van der Waals surface area (Å²) >= 11 is 0. The van der Waals surface area contributed by atoms with E-state index in [2.05, 4.69) is 15.3 Å². The number of carbonyl (C=O) groups excluding carboxylic acids is 1. The molecule has 0 aliphatic heterocycles. The number of amides is 1. The van der Waals surface area contributed by atoms with E-state index >= 15 is 0 Å². The zero-order chi connectivity index (χ0) is 20.1. The molecule has 0 aliphatic rings. The van der Waals surface area contributed by atoms with E-state index in [0.29, 0.717) is 41.7 Å². The molecule has 2 aromatic heterocycles. The minimum atomic E-state index is -0.876. The molecule has 0 radical (unpaired) electrons. The normalized spacial score (nSPS) is 10.9. The predicted molar refractivity (Wildman–Crippen MR) is 106 cm³/mol. The summed E-state index contributed by atoms with van der Waals surface area (Å²) in [5.41, 5.74) is 8.65. The predicted octanol–water partition coefficient (Wildman–Crippen LogP) is 1.82. The third-order valence-corrected chi connectivity index (χ3v) is 4.53. The summed E-state index contributed by atoms with van der Waals surface area (Å²) in [5.74, 6) is -0.778. The van der Waals surface area contributed by atoms with Gasteiger partial charge in [-0.3, -0.25) is 14.4 Å². The molecule has 3 aromatic rings. The quantitative estimate of drug-likeness (QED) is 0.378. The number of rotatable bonds is 8. The highest BCUT2D eigenvalue weighted by molar-refractivity contribution is 5.94. The van der Waals surface area contributed by atoms with Crippen LogP contribution in [-0.4, -0.2) is 33.5 Å². The Morgan fingerprint density at radius 1 is 1.14 bits per heavy atom. The van der Waals surface area contributed by atoms with Crippen molar-refractivity contribution in [1.82, 2.24) is 15.3 Å². The molecule has 8 heteroatoms. The summed E-state index contributed by atoms with van der Waals surface area (Å²) in [6.45, 7) is 0.326. The van der Waals surface area contributed by atoms with Crippen molar-refractivity contribution in [3.63, 3.8) is 0 Å². The number of nitrogens with two attached hydrogens (primary N) is 1. The lowest BCUT2D eigenvalue weighted by Gasteiger charge is -2.06. The number of hydrogen-bond donors (Lipinski definition) is 5. The Morgan fingerprint density at radius 2 is 1.89 bits per heavy atom. The molecule has 3 rings (SSSR count). The largest absolute Gasteiger partial charge is 0.481 e. The van der Waals surface area contributed by atoms with Crippen LogP contribution in [0.2, 0.25) is 0 Å². The van der Waals surface area contributed by atoms with Gasteiger partial charge in [0.2, 0.25) is 0 Å². The van der Waals surface area contributed by atoms with Crippen molar-refractivity contribution in [2.45, 2.75) is 25.7 Å². The molecule has 0 saturated carbocycles. The van der Waals surface area contributed by atoms with Crippen LogP contribution in [0, 0.1) is 0 Å². The van der Waals surface area contributed by atoms with Gasteiger partial charge >= 0.3 is 5.97 Å². The van der Waals surface area contributed by atoms with Crippen molar-refractivity contribution < 1.29 is 14.7 Å². The number of anilines is 1. The third kappa shape index (κ3) is 4.59. The maximum Gasteiger partial charge on any atom is 0.303 e. The fraction of sp³-hybridized carbons (Fsp3) is 0.250. The Bertz CT molecular complexity index is 1050. The van der Waals surface area contributed by atoms with E-state index in [1.54, 1.807) is 18.2 Å². The van der Waals surface area contributed by atoms with E-state index < -0.39 is 5.97 Å². The number of aromatic amines is 2. The second-order valence-corrected chi connectivity index (χ2v) is 6.61. The van der Waals surface area contributed by atoms with E-state index in [1.807, 2.05) is 18.3 Å². The number of aromatic nitrogens is 2. The molecule has 0 aliphatic carbocycles. The summed E-state index contributed by atoms with van der Waals surface area (Å²) in [7, 11) is 0. The maximum atomic E-state index is 12.1. The van der Waals surface area contributed by atoms with Crippen LogP contribution in [0.15, 0.2) is 41.3 Å². The van der Waals surface area contributed by atoms with Gasteiger partial charge in [-0.15, -0.1) is 0 Å². The highest BCUT2D eigenvalue weighted by Gasteiger charge is 2.10. The molecule has 146 valence electrons. The summed E-state index contributed by atoms with van der Waals surface area (Å²) in [6, 6.07) is 8.94. The molecule has 28 heavy (non-hydrogen) atoms. The highest BCUT2D eigenvalue weighted by atomic mass is 16.4. The van der Waals surface area contributed by atoms with Crippen molar-refractivity contribution >= 4 is 28.6 Å². The van der Waals surface area contributed by atoms with Crippen molar-refractivity contribution in [1.29, 1.82) is 0 Å². The Morgan fingerprint density at radius 3 is 2.61 bits per heavy atom. The Balaban J connectivity index is 1.58. The fourth-order valence-electron chi connectivity index (χ4n) is 3.09. The van der Waals surface area contributed by atoms with Gasteiger partial charge in [-0.1, -0.05) is 12.1 Å². The first-order chi connectivity index (χ1) is 13.4. The summed E-state index contributed by atoms with van der Waals surface area (Å²) < 4.78 is 0. The van der Waals surface area contributed by atoms with Crippen molar-refractivity contribution in [2.24, 2.45) is 0 Å². The van der Waals surface area contributed by atoms with E-state index in [1.165, 1.54) is 0 Å². The molecule has 0 unspecified atom stereocenters. The van der Waals surface area contributed by atoms with Gasteiger partial charge in [0.1, 0.15) is 5.82 Å². The van der Waals surface area contributed by atoms with Gasteiger partial charge in [-0.25, -0.2) is 0 Å². The third-order valence-electron chi connectivity index (χ3n) is 4.53. The lowest BCUT2D eigenvalue weighted by Crippen LogP contribution is -2.24. The molecule has 0 spiro atoms. The number of carboxylic acids is 1. The van der Waals surface area contributed by atoms with Gasteiger partial charge in [0.25, 0.3) is 11.5 Å². The number of hydrogen-bond acceptors (Lipinski definition) is 4. The van der Waals surface area contributed by atoms with Crippen LogP contribution in [0.3, 0.4) is 0 Å². The van der Waals surface area contributed by atoms with Gasteiger partial charge < -0.3 is 26.1 Å². The maximum absolute atomic E-state index is 12.1. The fourth-order valence-corrected chi connectivity index (χ4v) is 3.09. The monoisotopic (exact) mass is 382 g/mol. The van der Waals surface area contributed by atoms with E-state index in [4.69, 9.17) is 10.8 Å². The zero-order valence-corrected chi connectivity index (χ0v) is 15.2. The summed E-state index contributed by atoms with van der Waals surface area (Å²) in [5, 5.41) is 11.9. The van der Waals surface area contributed by atoms with Gasteiger partial charge in [0, 0.05) is 30.8 Å². The minimum absolute atomic E-state index is 0.0302. The first-order valence-corrected chi connectivity index (χ1v) is 9.01. The molecule has 0 bridgehead atoms. The van der Waals surface area contributed by atoms with Crippen molar-refractivity contribution in [3.8, 4) is 0 Å². The second kappa shape index (κ2) is 8.43. The average Bonchev–Trinajstić information content (AvgIpc) is 3.06. The number of benzene rings is 1. The summed E-state index contributed by atoms with van der Waals surface area (Å²) in [6.07, 6.45) is 3.64. The Labute approximate surface area is 160 Å². The van der Waals surface area contributed by atoms with Crippen LogP contribution in [0.4, 0.5) is 5.82 Å². The van der Waals surface area contributed by atoms with Crippen LogP contribution in [0.25, 0.3) is 10.9 Å². The molecule has 1 aromatic carbocycles. The molecule has 8 nitrogen and oxygen atoms in total. The first-order valence-electron chi connectivity index (χ1n) is 9.01. The number of carbonyl (C=O) groups is 2. The number of H-pyrrole nitrogens is 2. The molecule has 1 amide bonds. The molecule has 2 heterocycles. The molecular weight excluding hydrogens is 360 g/mol. The number of nitrogens with one attached hydrogen (secondary N) is 3. The minimum Gasteiger partial charge on any atom is -0.481 e. The van der Waals surface area contributed by atoms with Gasteiger partial charge in [-0.2, -0.15) is 0 Å². The van der Waals surface area contributed by atoms with E-state index in [-0.39, 0.29) is 17.9 Å². The van der Waals surface area contributed by atoms with Gasteiger partial charge in [-0.05, 0) is 42.5 Å².